The highest BCUT2D eigenvalue weighted by atomic mass is 16.4. The SMILES string of the molecule is CC(C(=O)O)=C(O)C(O)C(CN=C(N)N)C1CCCCC2C(=O)C3=C4C(O)(C=CC5(O)CC1C2(C)C45C)C(C=Cc1ccccc1)C1C(C)(C)C(=O)CCC31C. The number of benzene rings is 1. The van der Waals surface area contributed by atoms with Crippen LogP contribution in [0, 0.1) is 57.2 Å². The molecule has 0 amide bonds. The number of Topliss-reactive ketones (excluding diaryl/α,β-unsaturated/α-hetero) is 2. The van der Waals surface area contributed by atoms with Crippen molar-refractivity contribution in [2.75, 3.05) is 6.54 Å². The standard InChI is InChI=1S/C45H59N3O8/c1-24(38(53)54)33(50)34(51)27(23-48-39(46)47)26-14-10-11-15-28-35(52)32-37-43(6)42(28,5)30(26)22-44(43,55)20-21-45(37,56)29(17-16-25-12-8-7-9-13-25)36-40(2,3)31(49)18-19-41(32,36)4/h7-9,12-13,16-17,20-21,26-30,34,36,50-51,55-56H,10-11,14-15,18-19,22-23H2,1-6H3,(H,53,54)(H4,46,47,48). The highest BCUT2D eigenvalue weighted by Gasteiger charge is 2.81. The number of nitrogens with two attached hydrogens (primary N) is 2. The summed E-state index contributed by atoms with van der Waals surface area (Å²) in [5.41, 5.74) is 6.04. The largest absolute Gasteiger partial charge is 0.509 e. The number of carbonyl (C=O) groups is 3. The quantitative estimate of drug-likeness (QED) is 0.0599. The molecule has 7 rings (SSSR count). The van der Waals surface area contributed by atoms with Crippen molar-refractivity contribution in [2.45, 2.75) is 104 Å². The van der Waals surface area contributed by atoms with Crippen molar-refractivity contribution in [3.05, 3.63) is 76.6 Å². The number of aliphatic hydroxyl groups is 4. The predicted octanol–water partition coefficient (Wildman–Crippen LogP) is 5.26. The number of fused-ring (bicyclic) bond motifs is 2. The minimum absolute atomic E-state index is 0.0578. The van der Waals surface area contributed by atoms with Crippen LogP contribution in [0.1, 0.15) is 92.1 Å². The second-order valence-electron chi connectivity index (χ2n) is 18.9. The Labute approximate surface area is 329 Å². The van der Waals surface area contributed by atoms with Crippen molar-refractivity contribution in [3.8, 4) is 0 Å². The number of aliphatic hydroxyl groups excluding tert-OH is 2. The Morgan fingerprint density at radius 1 is 1.00 bits per heavy atom. The Morgan fingerprint density at radius 3 is 2.30 bits per heavy atom. The molecule has 0 radical (unpaired) electrons. The zero-order valence-electron chi connectivity index (χ0n) is 33.5. The van der Waals surface area contributed by atoms with Crippen LogP contribution in [0.15, 0.2) is 76.0 Å². The third-order valence-corrected chi connectivity index (χ3v) is 16.3. The minimum Gasteiger partial charge on any atom is -0.509 e. The van der Waals surface area contributed by atoms with Crippen molar-refractivity contribution < 1.29 is 39.9 Å². The van der Waals surface area contributed by atoms with Crippen LogP contribution in [0.5, 0.6) is 0 Å². The topological polar surface area (TPSA) is 217 Å². The summed E-state index contributed by atoms with van der Waals surface area (Å²) in [6.07, 6.45) is 9.07. The first-order valence-electron chi connectivity index (χ1n) is 20.2. The molecule has 9 N–H and O–H groups in total. The fourth-order valence-electron chi connectivity index (χ4n) is 13.5. The van der Waals surface area contributed by atoms with E-state index in [9.17, 15) is 35.1 Å². The van der Waals surface area contributed by atoms with Crippen LogP contribution in [0.4, 0.5) is 0 Å². The molecule has 0 aromatic heterocycles. The van der Waals surface area contributed by atoms with Gasteiger partial charge >= 0.3 is 5.97 Å². The van der Waals surface area contributed by atoms with Crippen molar-refractivity contribution in [1.82, 2.24) is 0 Å². The fourth-order valence-corrected chi connectivity index (χ4v) is 13.5. The number of rotatable bonds is 8. The van der Waals surface area contributed by atoms with Crippen molar-refractivity contribution in [3.63, 3.8) is 0 Å². The fraction of sp³-hybridized carbons (Fsp3) is 0.600. The highest BCUT2D eigenvalue weighted by Crippen LogP contribution is 2.80. The summed E-state index contributed by atoms with van der Waals surface area (Å²) in [6.45, 7) is 11.1. The number of allylic oxidation sites excluding steroid dienone is 1. The van der Waals surface area contributed by atoms with Gasteiger partial charge in [-0.1, -0.05) is 96.0 Å². The van der Waals surface area contributed by atoms with Gasteiger partial charge in [0.05, 0.1) is 11.2 Å². The van der Waals surface area contributed by atoms with Crippen LogP contribution in [-0.2, 0) is 14.4 Å². The van der Waals surface area contributed by atoms with E-state index < -0.39 is 91.8 Å². The third-order valence-electron chi connectivity index (χ3n) is 16.3. The normalized spacial score (nSPS) is 41.2. The Hall–Kier alpha value is -4.06. The van der Waals surface area contributed by atoms with Crippen molar-refractivity contribution in [2.24, 2.45) is 73.6 Å². The van der Waals surface area contributed by atoms with Crippen LogP contribution in [0.25, 0.3) is 6.08 Å². The van der Waals surface area contributed by atoms with Gasteiger partial charge in [0.2, 0.25) is 0 Å². The van der Waals surface area contributed by atoms with Crippen LogP contribution in [-0.4, -0.2) is 72.9 Å². The van der Waals surface area contributed by atoms with Gasteiger partial charge in [-0.05, 0) is 73.0 Å². The summed E-state index contributed by atoms with van der Waals surface area (Å²) in [7, 11) is 0. The zero-order valence-corrected chi connectivity index (χ0v) is 33.5. The molecule has 12 atom stereocenters. The lowest BCUT2D eigenvalue weighted by Crippen LogP contribution is -2.71. The number of carboxylic acid groups (broad SMARTS) is 1. The van der Waals surface area contributed by atoms with Gasteiger partial charge in [0, 0.05) is 52.5 Å². The van der Waals surface area contributed by atoms with Gasteiger partial charge in [0.1, 0.15) is 23.2 Å². The first-order chi connectivity index (χ1) is 26.1. The smallest absolute Gasteiger partial charge is 0.334 e. The predicted molar refractivity (Wildman–Crippen MR) is 213 cm³/mol. The molecular formula is C45H59N3O8. The first-order valence-corrected chi connectivity index (χ1v) is 20.2. The molecule has 3 saturated carbocycles. The molecule has 6 aliphatic rings. The van der Waals surface area contributed by atoms with Crippen LogP contribution in [0.2, 0.25) is 0 Å². The minimum atomic E-state index is -1.74. The molecule has 302 valence electrons. The molecule has 1 aromatic carbocycles. The van der Waals surface area contributed by atoms with E-state index in [2.05, 4.69) is 18.8 Å². The molecule has 0 bridgehead atoms. The maximum absolute atomic E-state index is 15.8. The average Bonchev–Trinajstić information content (AvgIpc) is 3.32. The van der Waals surface area contributed by atoms with Gasteiger partial charge in [0.25, 0.3) is 0 Å². The lowest BCUT2D eigenvalue weighted by Gasteiger charge is -2.69. The van der Waals surface area contributed by atoms with Crippen LogP contribution < -0.4 is 11.5 Å². The molecule has 12 unspecified atom stereocenters. The van der Waals surface area contributed by atoms with Gasteiger partial charge in [-0.15, -0.1) is 0 Å². The Kier molecular flexibility index (Phi) is 9.50. The second kappa shape index (κ2) is 13.2. The second-order valence-corrected chi connectivity index (χ2v) is 18.9. The monoisotopic (exact) mass is 769 g/mol. The summed E-state index contributed by atoms with van der Waals surface area (Å²) < 4.78 is 0. The lowest BCUT2D eigenvalue weighted by molar-refractivity contribution is -0.171. The summed E-state index contributed by atoms with van der Waals surface area (Å²) in [4.78, 5) is 45.9. The van der Waals surface area contributed by atoms with Gasteiger partial charge in [-0.3, -0.25) is 14.6 Å². The number of nitrogens with zero attached hydrogens (tertiary/aromatic N) is 1. The zero-order chi connectivity index (χ0) is 41.0. The third kappa shape index (κ3) is 5.25. The van der Waals surface area contributed by atoms with E-state index >= 15 is 4.79 Å². The summed E-state index contributed by atoms with van der Waals surface area (Å²) >= 11 is 0. The molecule has 0 spiro atoms. The Morgan fingerprint density at radius 2 is 1.66 bits per heavy atom. The van der Waals surface area contributed by atoms with E-state index in [4.69, 9.17) is 11.5 Å². The molecule has 0 heterocycles. The van der Waals surface area contributed by atoms with Gasteiger partial charge < -0.3 is 37.0 Å². The first kappa shape index (κ1) is 40.1. The molecule has 3 fully saturated rings. The van der Waals surface area contributed by atoms with Gasteiger partial charge in [-0.25, -0.2) is 4.79 Å². The van der Waals surface area contributed by atoms with E-state index in [-0.39, 0.29) is 36.9 Å². The number of hydrogen-bond acceptors (Lipinski definition) is 8. The number of hydrogen-bond donors (Lipinski definition) is 7. The number of ketones is 2. The lowest BCUT2D eigenvalue weighted by atomic mass is 9.34. The van der Waals surface area contributed by atoms with E-state index in [1.165, 1.54) is 6.92 Å². The van der Waals surface area contributed by atoms with E-state index in [0.717, 1.165) is 5.56 Å². The number of carboxylic acids is 1. The molecule has 0 aliphatic heterocycles. The maximum atomic E-state index is 15.8. The summed E-state index contributed by atoms with van der Waals surface area (Å²) in [6, 6.07) is 9.77. The molecule has 11 nitrogen and oxygen atoms in total. The molecule has 11 heteroatoms. The average molecular weight is 770 g/mol. The van der Waals surface area contributed by atoms with Gasteiger partial charge in [0.15, 0.2) is 11.7 Å². The van der Waals surface area contributed by atoms with Crippen LogP contribution in [0.3, 0.4) is 0 Å². The molecular weight excluding hydrogens is 711 g/mol. The molecule has 1 aromatic rings. The number of carbonyl (C=O) groups excluding carboxylic acids is 2. The van der Waals surface area contributed by atoms with E-state index in [1.54, 1.807) is 12.2 Å². The number of guanidine groups is 1. The Balaban J connectivity index is 1.49. The maximum Gasteiger partial charge on any atom is 0.334 e. The molecule has 6 aliphatic carbocycles. The summed E-state index contributed by atoms with van der Waals surface area (Å²) in [5.74, 6) is -5.77. The molecule has 0 saturated heterocycles. The summed E-state index contributed by atoms with van der Waals surface area (Å²) in [5, 5.41) is 59.7. The van der Waals surface area contributed by atoms with Crippen LogP contribution >= 0.6 is 0 Å². The molecule has 56 heavy (non-hydrogen) atoms. The Bertz CT molecular complexity index is 2000. The van der Waals surface area contributed by atoms with Crippen molar-refractivity contribution >= 4 is 29.6 Å². The van der Waals surface area contributed by atoms with E-state index in [0.29, 0.717) is 43.3 Å². The highest BCUT2D eigenvalue weighted by molar-refractivity contribution is 6.03. The number of aliphatic imine (C=N–C) groups is 1. The number of aliphatic carboxylic acids is 1. The van der Waals surface area contributed by atoms with Crippen molar-refractivity contribution in [1.29, 1.82) is 0 Å². The van der Waals surface area contributed by atoms with E-state index in [1.807, 2.05) is 63.3 Å². The van der Waals surface area contributed by atoms with Gasteiger partial charge in [-0.2, -0.15) is 0 Å².